The third-order valence-corrected chi connectivity index (χ3v) is 5.19. The predicted octanol–water partition coefficient (Wildman–Crippen LogP) is 3.90. The number of carbonyl (C=O) groups is 1. The molecule has 2 aromatic heterocycles. The summed E-state index contributed by atoms with van der Waals surface area (Å²) in [6.07, 6.45) is 1.14. The first-order valence-corrected chi connectivity index (χ1v) is 10.1. The van der Waals surface area contributed by atoms with Crippen LogP contribution in [0.25, 0.3) is 5.82 Å². The van der Waals surface area contributed by atoms with Gasteiger partial charge in [0.25, 0.3) is 0 Å². The van der Waals surface area contributed by atoms with Crippen molar-refractivity contribution in [1.82, 2.24) is 20.0 Å². The first-order valence-electron chi connectivity index (χ1n) is 9.72. The van der Waals surface area contributed by atoms with Crippen LogP contribution in [0.3, 0.4) is 0 Å². The fourth-order valence-corrected chi connectivity index (χ4v) is 3.83. The molecule has 4 rings (SSSR count). The Morgan fingerprint density at radius 2 is 2.10 bits per heavy atom. The molecule has 30 heavy (non-hydrogen) atoms. The quantitative estimate of drug-likeness (QED) is 0.641. The number of amides is 1. The molecule has 1 aliphatic rings. The summed E-state index contributed by atoms with van der Waals surface area (Å²) in [5.41, 5.74) is 2.60. The normalized spacial score (nSPS) is 15.5. The third-order valence-electron chi connectivity index (χ3n) is 4.99. The van der Waals surface area contributed by atoms with Gasteiger partial charge in [-0.3, -0.25) is 4.79 Å². The number of aryl methyl sites for hydroxylation is 1. The highest BCUT2D eigenvalue weighted by atomic mass is 35.5. The maximum Gasteiger partial charge on any atom is 0.226 e. The van der Waals surface area contributed by atoms with Gasteiger partial charge < -0.3 is 14.8 Å². The molecule has 9 heteroatoms. The summed E-state index contributed by atoms with van der Waals surface area (Å²) in [6.45, 7) is 4.51. The van der Waals surface area contributed by atoms with Crippen LogP contribution in [-0.4, -0.2) is 39.6 Å². The van der Waals surface area contributed by atoms with Crippen LogP contribution in [0.4, 0.5) is 5.82 Å². The number of hydrogen-bond acceptors (Lipinski definition) is 6. The van der Waals surface area contributed by atoms with Gasteiger partial charge in [0.05, 0.1) is 19.4 Å². The van der Waals surface area contributed by atoms with Crippen LogP contribution in [0.5, 0.6) is 11.5 Å². The molecule has 0 saturated heterocycles. The van der Waals surface area contributed by atoms with E-state index >= 15 is 0 Å². The number of carbonyl (C=O) groups excluding carboxylic acids is 1. The lowest BCUT2D eigenvalue weighted by molar-refractivity contribution is -0.116. The van der Waals surface area contributed by atoms with Crippen molar-refractivity contribution in [3.05, 3.63) is 52.3 Å². The molecule has 0 fully saturated rings. The molecular formula is C21H22ClN5O3. The first-order chi connectivity index (χ1) is 14.5. The van der Waals surface area contributed by atoms with E-state index in [1.54, 1.807) is 23.9 Å². The van der Waals surface area contributed by atoms with Crippen molar-refractivity contribution < 1.29 is 14.3 Å². The van der Waals surface area contributed by atoms with Gasteiger partial charge in [-0.1, -0.05) is 30.7 Å². The molecule has 1 unspecified atom stereocenters. The van der Waals surface area contributed by atoms with Gasteiger partial charge in [-0.25, -0.2) is 0 Å². The number of para-hydroxylation sites is 1. The van der Waals surface area contributed by atoms with E-state index in [1.165, 1.54) is 0 Å². The van der Waals surface area contributed by atoms with E-state index in [0.717, 1.165) is 23.2 Å². The third kappa shape index (κ3) is 3.59. The molecule has 0 bridgehead atoms. The first kappa shape index (κ1) is 20.2. The highest BCUT2D eigenvalue weighted by molar-refractivity contribution is 6.29. The number of nitrogens with zero attached hydrogens (tertiary/aromatic N) is 4. The Hall–Kier alpha value is -3.13. The van der Waals surface area contributed by atoms with E-state index in [1.807, 2.05) is 32.0 Å². The molecule has 1 aliphatic heterocycles. The van der Waals surface area contributed by atoms with Gasteiger partial charge in [-0.05, 0) is 31.5 Å². The number of halogens is 1. The topological polar surface area (TPSA) is 91.2 Å². The zero-order valence-corrected chi connectivity index (χ0v) is 17.7. The summed E-state index contributed by atoms with van der Waals surface area (Å²) < 4.78 is 13.2. The molecule has 3 heterocycles. The summed E-state index contributed by atoms with van der Waals surface area (Å²) in [7, 11) is 1.61. The minimum atomic E-state index is -0.232. The Balaban J connectivity index is 1.86. The van der Waals surface area contributed by atoms with E-state index in [0.29, 0.717) is 29.7 Å². The van der Waals surface area contributed by atoms with E-state index in [4.69, 9.17) is 21.1 Å². The average Bonchev–Trinajstić information content (AvgIpc) is 3.08. The Labute approximate surface area is 179 Å². The highest BCUT2D eigenvalue weighted by Gasteiger charge is 2.35. The number of benzene rings is 1. The molecule has 0 spiro atoms. The molecule has 8 nitrogen and oxygen atoms in total. The van der Waals surface area contributed by atoms with Gasteiger partial charge in [0.15, 0.2) is 22.5 Å². The van der Waals surface area contributed by atoms with Crippen molar-refractivity contribution in [2.24, 2.45) is 0 Å². The maximum absolute atomic E-state index is 12.7. The van der Waals surface area contributed by atoms with Crippen LogP contribution in [0.2, 0.25) is 5.15 Å². The van der Waals surface area contributed by atoms with Crippen molar-refractivity contribution in [1.29, 1.82) is 0 Å². The van der Waals surface area contributed by atoms with Crippen molar-refractivity contribution in [3.8, 4) is 17.3 Å². The van der Waals surface area contributed by atoms with Crippen molar-refractivity contribution in [2.45, 2.75) is 32.6 Å². The molecule has 1 N–H and O–H groups in total. The SMILES string of the molecule is CCCOc1c(OC)cccc1C1CC(=O)Nc2c1c(C)nn2-c1ccc(Cl)nn1. The standard InChI is InChI=1S/C21H22ClN5O3/c1-4-10-30-20-13(6-5-7-15(20)29-3)14-11-18(28)23-21-19(14)12(2)26-27(21)17-9-8-16(22)24-25-17/h5-9,14H,4,10-11H2,1-3H3,(H,23,28). The van der Waals surface area contributed by atoms with E-state index in [9.17, 15) is 4.79 Å². The van der Waals surface area contributed by atoms with Crippen molar-refractivity contribution >= 4 is 23.3 Å². The summed E-state index contributed by atoms with van der Waals surface area (Å²) in [6, 6.07) is 9.08. The summed E-state index contributed by atoms with van der Waals surface area (Å²) >= 11 is 5.86. The Morgan fingerprint density at radius 1 is 1.27 bits per heavy atom. The van der Waals surface area contributed by atoms with Crippen LogP contribution < -0.4 is 14.8 Å². The fraction of sp³-hybridized carbons (Fsp3) is 0.333. The Kier molecular flexibility index (Phi) is 5.59. The van der Waals surface area contributed by atoms with Gasteiger partial charge >= 0.3 is 0 Å². The zero-order chi connectivity index (χ0) is 21.3. The second-order valence-corrected chi connectivity index (χ2v) is 7.39. The van der Waals surface area contributed by atoms with Crippen LogP contribution in [0.1, 0.15) is 42.5 Å². The van der Waals surface area contributed by atoms with E-state index in [2.05, 4.69) is 20.6 Å². The van der Waals surface area contributed by atoms with Crippen LogP contribution in [0, 0.1) is 6.92 Å². The molecule has 156 valence electrons. The van der Waals surface area contributed by atoms with Gasteiger partial charge in [0, 0.05) is 23.5 Å². The number of aromatic nitrogens is 4. The second kappa shape index (κ2) is 8.31. The van der Waals surface area contributed by atoms with Gasteiger partial charge in [0.2, 0.25) is 5.91 Å². The maximum atomic E-state index is 12.7. The van der Waals surface area contributed by atoms with Gasteiger partial charge in [0.1, 0.15) is 5.82 Å². The molecule has 1 amide bonds. The minimum Gasteiger partial charge on any atom is -0.493 e. The summed E-state index contributed by atoms with van der Waals surface area (Å²) in [5.74, 6) is 2.00. The zero-order valence-electron chi connectivity index (χ0n) is 17.0. The number of hydrogen-bond donors (Lipinski definition) is 1. The molecule has 3 aromatic rings. The largest absolute Gasteiger partial charge is 0.493 e. The summed E-state index contributed by atoms with van der Waals surface area (Å²) in [4.78, 5) is 12.7. The molecule has 0 aliphatic carbocycles. The lowest BCUT2D eigenvalue weighted by Crippen LogP contribution is -2.25. The number of nitrogens with one attached hydrogen (secondary N) is 1. The molecule has 0 radical (unpaired) electrons. The fourth-order valence-electron chi connectivity index (χ4n) is 3.73. The monoisotopic (exact) mass is 427 g/mol. The molecule has 1 aromatic carbocycles. The minimum absolute atomic E-state index is 0.111. The molecule has 1 atom stereocenters. The lowest BCUT2D eigenvalue weighted by atomic mass is 9.85. The van der Waals surface area contributed by atoms with Gasteiger partial charge in [-0.2, -0.15) is 9.78 Å². The van der Waals surface area contributed by atoms with Crippen LogP contribution in [0.15, 0.2) is 30.3 Å². The molecule has 0 saturated carbocycles. The van der Waals surface area contributed by atoms with Crippen molar-refractivity contribution in [2.75, 3.05) is 19.0 Å². The second-order valence-electron chi connectivity index (χ2n) is 7.01. The Morgan fingerprint density at radius 3 is 2.80 bits per heavy atom. The average molecular weight is 428 g/mol. The number of ether oxygens (including phenoxy) is 2. The van der Waals surface area contributed by atoms with E-state index < -0.39 is 0 Å². The number of fused-ring (bicyclic) bond motifs is 1. The molecular weight excluding hydrogens is 406 g/mol. The number of rotatable bonds is 6. The van der Waals surface area contributed by atoms with E-state index in [-0.39, 0.29) is 23.4 Å². The van der Waals surface area contributed by atoms with Gasteiger partial charge in [-0.15, -0.1) is 10.2 Å². The summed E-state index contributed by atoms with van der Waals surface area (Å²) in [5, 5.41) is 15.8. The highest BCUT2D eigenvalue weighted by Crippen LogP contribution is 2.45. The Bertz CT molecular complexity index is 1080. The smallest absolute Gasteiger partial charge is 0.226 e. The number of anilines is 1. The number of methoxy groups -OCH3 is 1. The van der Waals surface area contributed by atoms with Crippen molar-refractivity contribution in [3.63, 3.8) is 0 Å². The lowest BCUT2D eigenvalue weighted by Gasteiger charge is -2.26. The predicted molar refractivity (Wildman–Crippen MR) is 113 cm³/mol. The van der Waals surface area contributed by atoms with Crippen LogP contribution >= 0.6 is 11.6 Å². The van der Waals surface area contributed by atoms with Crippen LogP contribution in [-0.2, 0) is 4.79 Å².